The van der Waals surface area contributed by atoms with Gasteiger partial charge in [-0.3, -0.25) is 14.5 Å². The first-order chi connectivity index (χ1) is 15.4. The molecule has 1 aliphatic carbocycles. The highest BCUT2D eigenvalue weighted by atomic mass is 16.7. The van der Waals surface area contributed by atoms with Crippen molar-refractivity contribution in [3.63, 3.8) is 0 Å². The maximum atomic E-state index is 13.3. The van der Waals surface area contributed by atoms with Crippen LogP contribution in [-0.2, 0) is 21.5 Å². The quantitative estimate of drug-likeness (QED) is 0.746. The van der Waals surface area contributed by atoms with E-state index in [0.717, 1.165) is 29.7 Å². The normalized spacial score (nSPS) is 23.7. The number of likely N-dealkylation sites (N-methyl/N-ethyl adjacent to an activating group) is 1. The molecule has 0 bridgehead atoms. The van der Waals surface area contributed by atoms with E-state index >= 15 is 0 Å². The Morgan fingerprint density at radius 1 is 1.19 bits per heavy atom. The average Bonchev–Trinajstić information content (AvgIpc) is 3.36. The van der Waals surface area contributed by atoms with Gasteiger partial charge in [-0.2, -0.15) is 0 Å². The lowest BCUT2D eigenvalue weighted by molar-refractivity contribution is -0.139. The summed E-state index contributed by atoms with van der Waals surface area (Å²) in [4.78, 5) is 41.8. The molecule has 0 spiro atoms. The van der Waals surface area contributed by atoms with Gasteiger partial charge in [0.1, 0.15) is 12.1 Å². The molecule has 0 saturated carbocycles. The molecule has 2 atom stereocenters. The maximum Gasteiger partial charge on any atom is 0.325 e. The number of aryl methyl sites for hydroxylation is 1. The fourth-order valence-electron chi connectivity index (χ4n) is 4.79. The summed E-state index contributed by atoms with van der Waals surface area (Å²) in [6, 6.07) is 12.6. The Morgan fingerprint density at radius 2 is 1.97 bits per heavy atom. The SMILES string of the molecule is CN(C(=O)CN1C(=O)N[C@](C)(c2ccc3c(c2)OCO3)C1=O)[C@@H]1CCCc2ccccc21. The van der Waals surface area contributed by atoms with Crippen LogP contribution in [-0.4, -0.2) is 48.0 Å². The van der Waals surface area contributed by atoms with E-state index in [4.69, 9.17) is 9.47 Å². The van der Waals surface area contributed by atoms with Crippen LogP contribution in [0.3, 0.4) is 0 Å². The number of carbonyl (C=O) groups excluding carboxylic acids is 3. The zero-order chi connectivity index (χ0) is 22.5. The van der Waals surface area contributed by atoms with Crippen molar-refractivity contribution >= 4 is 17.8 Å². The number of ether oxygens (including phenoxy) is 2. The van der Waals surface area contributed by atoms with E-state index in [-0.39, 0.29) is 25.3 Å². The first-order valence-corrected chi connectivity index (χ1v) is 10.8. The van der Waals surface area contributed by atoms with Crippen molar-refractivity contribution in [3.05, 3.63) is 59.2 Å². The van der Waals surface area contributed by atoms with E-state index < -0.39 is 17.5 Å². The Kier molecular flexibility index (Phi) is 4.80. The Balaban J connectivity index is 1.34. The van der Waals surface area contributed by atoms with E-state index in [1.807, 2.05) is 18.2 Å². The van der Waals surface area contributed by atoms with Gasteiger partial charge in [0, 0.05) is 7.05 Å². The van der Waals surface area contributed by atoms with E-state index in [2.05, 4.69) is 11.4 Å². The summed E-state index contributed by atoms with van der Waals surface area (Å²) in [5, 5.41) is 2.75. The largest absolute Gasteiger partial charge is 0.454 e. The van der Waals surface area contributed by atoms with Crippen LogP contribution < -0.4 is 14.8 Å². The van der Waals surface area contributed by atoms with E-state index in [1.54, 1.807) is 37.1 Å². The molecule has 8 nitrogen and oxygen atoms in total. The Morgan fingerprint density at radius 3 is 2.81 bits per heavy atom. The molecule has 4 amide bonds. The van der Waals surface area contributed by atoms with Crippen LogP contribution in [0.4, 0.5) is 4.79 Å². The molecule has 0 radical (unpaired) electrons. The average molecular weight is 435 g/mol. The van der Waals surface area contributed by atoms with Crippen LogP contribution in [0.25, 0.3) is 0 Å². The number of hydrogen-bond donors (Lipinski definition) is 1. The van der Waals surface area contributed by atoms with Gasteiger partial charge in [0.15, 0.2) is 11.5 Å². The first kappa shape index (κ1) is 20.4. The summed E-state index contributed by atoms with van der Waals surface area (Å²) in [6.45, 7) is 1.45. The number of carbonyl (C=O) groups is 3. The minimum atomic E-state index is -1.28. The van der Waals surface area contributed by atoms with E-state index in [0.29, 0.717) is 17.1 Å². The second-order valence-corrected chi connectivity index (χ2v) is 8.63. The molecule has 1 N–H and O–H groups in total. The third kappa shape index (κ3) is 3.18. The number of imide groups is 1. The fraction of sp³-hybridized carbons (Fsp3) is 0.375. The molecule has 0 unspecified atom stereocenters. The summed E-state index contributed by atoms with van der Waals surface area (Å²) in [5.41, 5.74) is 1.67. The van der Waals surface area contributed by atoms with Crippen molar-refractivity contribution in [2.24, 2.45) is 0 Å². The zero-order valence-corrected chi connectivity index (χ0v) is 18.1. The molecule has 5 rings (SSSR count). The van der Waals surface area contributed by atoms with Gasteiger partial charge in [-0.15, -0.1) is 0 Å². The molecule has 166 valence electrons. The monoisotopic (exact) mass is 435 g/mol. The molecule has 1 fully saturated rings. The number of urea groups is 1. The van der Waals surface area contributed by atoms with Gasteiger partial charge in [0.25, 0.3) is 5.91 Å². The second-order valence-electron chi connectivity index (χ2n) is 8.63. The minimum absolute atomic E-state index is 0.0616. The van der Waals surface area contributed by atoms with Gasteiger partial charge < -0.3 is 19.7 Å². The van der Waals surface area contributed by atoms with Crippen molar-refractivity contribution in [2.45, 2.75) is 37.8 Å². The van der Waals surface area contributed by atoms with Gasteiger partial charge in [-0.1, -0.05) is 30.3 Å². The summed E-state index contributed by atoms with van der Waals surface area (Å²) < 4.78 is 10.7. The third-order valence-corrected chi connectivity index (χ3v) is 6.72. The number of fused-ring (bicyclic) bond motifs is 2. The molecular weight excluding hydrogens is 410 g/mol. The topological polar surface area (TPSA) is 88.2 Å². The maximum absolute atomic E-state index is 13.3. The highest BCUT2D eigenvalue weighted by molar-refractivity contribution is 6.09. The van der Waals surface area contributed by atoms with Crippen LogP contribution in [0.2, 0.25) is 0 Å². The molecule has 0 aromatic heterocycles. The zero-order valence-electron chi connectivity index (χ0n) is 18.1. The summed E-state index contributed by atoms with van der Waals surface area (Å²) >= 11 is 0. The minimum Gasteiger partial charge on any atom is -0.454 e. The highest BCUT2D eigenvalue weighted by Crippen LogP contribution is 2.38. The molecule has 3 aliphatic rings. The van der Waals surface area contributed by atoms with Crippen LogP contribution in [0.1, 0.15) is 42.5 Å². The van der Waals surface area contributed by atoms with Gasteiger partial charge >= 0.3 is 6.03 Å². The molecular formula is C24H25N3O5. The lowest BCUT2D eigenvalue weighted by atomic mass is 9.87. The molecule has 8 heteroatoms. The van der Waals surface area contributed by atoms with E-state index in [1.165, 1.54) is 5.56 Å². The van der Waals surface area contributed by atoms with Gasteiger partial charge in [-0.05, 0) is 55.0 Å². The molecule has 2 aromatic carbocycles. The number of rotatable bonds is 4. The van der Waals surface area contributed by atoms with Gasteiger partial charge in [0.2, 0.25) is 12.7 Å². The Bertz CT molecular complexity index is 1120. The number of benzene rings is 2. The van der Waals surface area contributed by atoms with Gasteiger partial charge in [-0.25, -0.2) is 4.79 Å². The Hall–Kier alpha value is -3.55. The standard InChI is InChI=1S/C24H25N3O5/c1-24(16-10-11-19-20(12-16)32-14-31-19)22(29)27(23(30)25-24)13-21(28)26(2)18-9-5-7-15-6-3-4-8-17(15)18/h3-4,6,8,10-12,18H,5,7,9,13-14H2,1-2H3,(H,25,30)/t18-,24-/m1/s1. The van der Waals surface area contributed by atoms with Crippen LogP contribution >= 0.6 is 0 Å². The smallest absolute Gasteiger partial charge is 0.325 e. The van der Waals surface area contributed by atoms with Crippen LogP contribution in [0, 0.1) is 0 Å². The predicted octanol–water partition coefficient (Wildman–Crippen LogP) is 2.72. The summed E-state index contributed by atoms with van der Waals surface area (Å²) in [7, 11) is 1.74. The van der Waals surface area contributed by atoms with Crippen LogP contribution in [0.15, 0.2) is 42.5 Å². The third-order valence-electron chi connectivity index (χ3n) is 6.72. The molecule has 2 heterocycles. The lowest BCUT2D eigenvalue weighted by Crippen LogP contribution is -2.44. The lowest BCUT2D eigenvalue weighted by Gasteiger charge is -2.34. The van der Waals surface area contributed by atoms with Crippen molar-refractivity contribution in [1.29, 1.82) is 0 Å². The van der Waals surface area contributed by atoms with Crippen molar-refractivity contribution in [3.8, 4) is 11.5 Å². The fourth-order valence-corrected chi connectivity index (χ4v) is 4.79. The van der Waals surface area contributed by atoms with Gasteiger partial charge in [0.05, 0.1) is 6.04 Å². The molecule has 32 heavy (non-hydrogen) atoms. The number of nitrogens with zero attached hydrogens (tertiary/aromatic N) is 2. The molecule has 2 aromatic rings. The van der Waals surface area contributed by atoms with E-state index in [9.17, 15) is 14.4 Å². The Labute approximate surface area is 186 Å². The first-order valence-electron chi connectivity index (χ1n) is 10.8. The van der Waals surface area contributed by atoms with Crippen molar-refractivity contribution in [2.75, 3.05) is 20.4 Å². The number of nitrogens with one attached hydrogen (secondary N) is 1. The summed E-state index contributed by atoms with van der Waals surface area (Å²) in [5.74, 6) is 0.379. The number of hydrogen-bond acceptors (Lipinski definition) is 5. The van der Waals surface area contributed by atoms with Crippen molar-refractivity contribution in [1.82, 2.24) is 15.1 Å². The highest BCUT2D eigenvalue weighted by Gasteiger charge is 2.50. The summed E-state index contributed by atoms with van der Waals surface area (Å²) in [6.07, 6.45) is 2.84. The predicted molar refractivity (Wildman–Crippen MR) is 115 cm³/mol. The van der Waals surface area contributed by atoms with Crippen molar-refractivity contribution < 1.29 is 23.9 Å². The second kappa shape index (κ2) is 7.55. The molecule has 2 aliphatic heterocycles. The molecule has 1 saturated heterocycles. The number of amides is 4. The van der Waals surface area contributed by atoms with Crippen LogP contribution in [0.5, 0.6) is 11.5 Å².